The van der Waals surface area contributed by atoms with Gasteiger partial charge in [-0.15, -0.1) is 0 Å². The van der Waals surface area contributed by atoms with Crippen molar-refractivity contribution in [1.29, 1.82) is 0 Å². The van der Waals surface area contributed by atoms with Gasteiger partial charge in [-0.05, 0) is 30.7 Å². The highest BCUT2D eigenvalue weighted by atomic mass is 16.2. The van der Waals surface area contributed by atoms with Crippen LogP contribution in [-0.2, 0) is 11.3 Å². The molecule has 0 atom stereocenters. The number of carbonyl (C=O) groups is 1. The van der Waals surface area contributed by atoms with Gasteiger partial charge in [-0.1, -0.05) is 18.2 Å². The summed E-state index contributed by atoms with van der Waals surface area (Å²) in [5.41, 5.74) is 1.63. The zero-order valence-corrected chi connectivity index (χ0v) is 10.1. The molecule has 0 fully saturated rings. The van der Waals surface area contributed by atoms with E-state index in [0.717, 1.165) is 11.3 Å². The van der Waals surface area contributed by atoms with Crippen molar-refractivity contribution in [3.05, 3.63) is 64.6 Å². The average molecular weight is 242 g/mol. The molecule has 92 valence electrons. The number of benzene rings is 1. The van der Waals surface area contributed by atoms with Crippen LogP contribution in [0.1, 0.15) is 5.56 Å². The van der Waals surface area contributed by atoms with Gasteiger partial charge in [0.2, 0.25) is 5.91 Å². The minimum atomic E-state index is -0.214. The van der Waals surface area contributed by atoms with Crippen LogP contribution in [0.4, 0.5) is 5.69 Å². The third-order valence-corrected chi connectivity index (χ3v) is 2.51. The number of nitrogens with one attached hydrogen (secondary N) is 1. The molecule has 0 aliphatic carbocycles. The molecule has 0 aliphatic heterocycles. The van der Waals surface area contributed by atoms with Gasteiger partial charge >= 0.3 is 0 Å². The molecule has 0 spiro atoms. The summed E-state index contributed by atoms with van der Waals surface area (Å²) in [6, 6.07) is 12.3. The Morgan fingerprint density at radius 3 is 2.78 bits per heavy atom. The fourth-order valence-corrected chi connectivity index (χ4v) is 1.67. The van der Waals surface area contributed by atoms with Gasteiger partial charge < -0.3 is 9.88 Å². The van der Waals surface area contributed by atoms with Crippen molar-refractivity contribution in [2.24, 2.45) is 0 Å². The van der Waals surface area contributed by atoms with Crippen molar-refractivity contribution >= 4 is 11.6 Å². The zero-order chi connectivity index (χ0) is 13.0. The van der Waals surface area contributed by atoms with E-state index in [2.05, 4.69) is 5.32 Å². The Kier molecular flexibility index (Phi) is 3.57. The molecule has 0 radical (unpaired) electrons. The third-order valence-electron chi connectivity index (χ3n) is 2.51. The Hall–Kier alpha value is -2.36. The van der Waals surface area contributed by atoms with Gasteiger partial charge in [-0.3, -0.25) is 9.59 Å². The van der Waals surface area contributed by atoms with E-state index in [-0.39, 0.29) is 18.0 Å². The molecule has 1 heterocycles. The van der Waals surface area contributed by atoms with Gasteiger partial charge in [-0.25, -0.2) is 0 Å². The molecule has 1 aromatic heterocycles. The lowest BCUT2D eigenvalue weighted by Gasteiger charge is -2.07. The van der Waals surface area contributed by atoms with E-state index in [1.54, 1.807) is 18.3 Å². The van der Waals surface area contributed by atoms with E-state index in [1.807, 2.05) is 31.2 Å². The second kappa shape index (κ2) is 5.31. The Morgan fingerprint density at radius 2 is 2.06 bits per heavy atom. The molecule has 1 aromatic carbocycles. The number of nitrogens with zero attached hydrogens (tertiary/aromatic N) is 1. The lowest BCUT2D eigenvalue weighted by molar-refractivity contribution is -0.116. The van der Waals surface area contributed by atoms with Crippen LogP contribution in [0.3, 0.4) is 0 Å². The van der Waals surface area contributed by atoms with Gasteiger partial charge in [0.05, 0.1) is 0 Å². The van der Waals surface area contributed by atoms with Crippen LogP contribution in [0.2, 0.25) is 0 Å². The largest absolute Gasteiger partial charge is 0.325 e. The van der Waals surface area contributed by atoms with Crippen LogP contribution in [-0.4, -0.2) is 10.5 Å². The summed E-state index contributed by atoms with van der Waals surface area (Å²) < 4.78 is 1.37. The summed E-state index contributed by atoms with van der Waals surface area (Å²) in [4.78, 5) is 23.2. The zero-order valence-electron chi connectivity index (χ0n) is 10.1. The number of hydrogen-bond acceptors (Lipinski definition) is 2. The molecule has 4 heteroatoms. The summed E-state index contributed by atoms with van der Waals surface area (Å²) in [6.45, 7) is 1.98. The maximum Gasteiger partial charge on any atom is 0.250 e. The average Bonchev–Trinajstić information content (AvgIpc) is 2.32. The molecule has 0 bridgehead atoms. The number of aromatic nitrogens is 1. The number of aryl methyl sites for hydroxylation is 1. The molecule has 0 saturated heterocycles. The first-order valence-electron chi connectivity index (χ1n) is 5.67. The minimum absolute atomic E-state index is 0.0214. The highest BCUT2D eigenvalue weighted by molar-refractivity contribution is 5.90. The lowest BCUT2D eigenvalue weighted by atomic mass is 10.2. The first-order chi connectivity index (χ1) is 8.65. The van der Waals surface area contributed by atoms with Gasteiger partial charge in [0, 0.05) is 18.0 Å². The summed E-state index contributed by atoms with van der Waals surface area (Å²) in [5, 5.41) is 2.76. The van der Waals surface area contributed by atoms with Crippen LogP contribution in [0.5, 0.6) is 0 Å². The summed E-state index contributed by atoms with van der Waals surface area (Å²) >= 11 is 0. The number of pyridine rings is 1. The first-order valence-corrected chi connectivity index (χ1v) is 5.67. The highest BCUT2D eigenvalue weighted by Crippen LogP contribution is 2.09. The number of hydrogen-bond donors (Lipinski definition) is 1. The minimum Gasteiger partial charge on any atom is -0.325 e. The van der Waals surface area contributed by atoms with E-state index in [1.165, 1.54) is 10.6 Å². The van der Waals surface area contributed by atoms with Crippen LogP contribution >= 0.6 is 0 Å². The SMILES string of the molecule is Cc1cccc(NC(=O)Cn2ccccc2=O)c1. The molecule has 1 N–H and O–H groups in total. The van der Waals surface area contributed by atoms with Crippen molar-refractivity contribution in [2.75, 3.05) is 5.32 Å². The van der Waals surface area contributed by atoms with Crippen LogP contribution < -0.4 is 10.9 Å². The highest BCUT2D eigenvalue weighted by Gasteiger charge is 2.04. The van der Waals surface area contributed by atoms with Gasteiger partial charge in [0.15, 0.2) is 0 Å². The van der Waals surface area contributed by atoms with E-state index < -0.39 is 0 Å². The predicted molar refractivity (Wildman–Crippen MR) is 70.5 cm³/mol. The van der Waals surface area contributed by atoms with Crippen LogP contribution in [0.25, 0.3) is 0 Å². The fourth-order valence-electron chi connectivity index (χ4n) is 1.67. The molecule has 0 saturated carbocycles. The monoisotopic (exact) mass is 242 g/mol. The lowest BCUT2D eigenvalue weighted by Crippen LogP contribution is -2.26. The second-order valence-electron chi connectivity index (χ2n) is 4.08. The molecule has 4 nitrogen and oxygen atoms in total. The Labute approximate surface area is 105 Å². The molecule has 2 aromatic rings. The number of amides is 1. The van der Waals surface area contributed by atoms with E-state index in [9.17, 15) is 9.59 Å². The number of carbonyl (C=O) groups excluding carboxylic acids is 1. The molecule has 1 amide bonds. The molecule has 2 rings (SSSR count). The number of anilines is 1. The Morgan fingerprint density at radius 1 is 1.22 bits per heavy atom. The maximum absolute atomic E-state index is 11.8. The quantitative estimate of drug-likeness (QED) is 0.892. The van der Waals surface area contributed by atoms with E-state index >= 15 is 0 Å². The van der Waals surface area contributed by atoms with Crippen molar-refractivity contribution in [3.8, 4) is 0 Å². The topological polar surface area (TPSA) is 51.1 Å². The third kappa shape index (κ3) is 3.07. The normalized spacial score (nSPS) is 10.1. The van der Waals surface area contributed by atoms with Crippen LogP contribution in [0, 0.1) is 6.92 Å². The Balaban J connectivity index is 2.06. The van der Waals surface area contributed by atoms with Gasteiger partial charge in [0.1, 0.15) is 6.54 Å². The summed E-state index contributed by atoms with van der Waals surface area (Å²) in [7, 11) is 0. The second-order valence-corrected chi connectivity index (χ2v) is 4.08. The van der Waals surface area contributed by atoms with Crippen molar-refractivity contribution in [3.63, 3.8) is 0 Å². The Bertz CT molecular complexity index is 617. The van der Waals surface area contributed by atoms with Crippen molar-refractivity contribution in [1.82, 2.24) is 4.57 Å². The molecule has 0 unspecified atom stereocenters. The van der Waals surface area contributed by atoms with E-state index in [0.29, 0.717) is 0 Å². The fraction of sp³-hybridized carbons (Fsp3) is 0.143. The first kappa shape index (κ1) is 12.1. The summed E-state index contributed by atoms with van der Waals surface area (Å²) in [6.07, 6.45) is 1.60. The van der Waals surface area contributed by atoms with Gasteiger partial charge in [0.25, 0.3) is 5.56 Å². The number of rotatable bonds is 3. The van der Waals surface area contributed by atoms with Crippen molar-refractivity contribution in [2.45, 2.75) is 13.5 Å². The smallest absolute Gasteiger partial charge is 0.250 e. The maximum atomic E-state index is 11.8. The standard InChI is InChI=1S/C14H14N2O2/c1-11-5-4-6-12(9-11)15-13(17)10-16-8-3-2-7-14(16)18/h2-9H,10H2,1H3,(H,15,17). The molecule has 18 heavy (non-hydrogen) atoms. The van der Waals surface area contributed by atoms with Crippen LogP contribution in [0.15, 0.2) is 53.5 Å². The van der Waals surface area contributed by atoms with Gasteiger partial charge in [-0.2, -0.15) is 0 Å². The predicted octanol–water partition coefficient (Wildman–Crippen LogP) is 1.80. The van der Waals surface area contributed by atoms with E-state index in [4.69, 9.17) is 0 Å². The summed E-state index contributed by atoms with van der Waals surface area (Å²) in [5.74, 6) is -0.214. The van der Waals surface area contributed by atoms with Crippen molar-refractivity contribution < 1.29 is 4.79 Å². The molecular weight excluding hydrogens is 228 g/mol. The molecule has 0 aliphatic rings. The molecular formula is C14H14N2O2.